The van der Waals surface area contributed by atoms with Crippen molar-refractivity contribution < 1.29 is 14.3 Å². The predicted molar refractivity (Wildman–Crippen MR) is 84.7 cm³/mol. The fraction of sp³-hybridized carbons (Fsp3) is 0.438. The van der Waals surface area contributed by atoms with Gasteiger partial charge in [0, 0.05) is 19.6 Å². The van der Waals surface area contributed by atoms with Crippen molar-refractivity contribution in [1.82, 2.24) is 15.5 Å². The Hall–Kier alpha value is -2.41. The van der Waals surface area contributed by atoms with E-state index in [1.165, 1.54) is 0 Å². The quantitative estimate of drug-likeness (QED) is 0.811. The molecule has 0 aromatic heterocycles. The lowest BCUT2D eigenvalue weighted by atomic mass is 10.2. The summed E-state index contributed by atoms with van der Waals surface area (Å²) in [6, 6.07) is 9.00. The van der Waals surface area contributed by atoms with Crippen molar-refractivity contribution >= 4 is 17.8 Å². The molecule has 0 spiro atoms. The first kappa shape index (κ1) is 15.5. The smallest absolute Gasteiger partial charge is 0.252 e. The van der Waals surface area contributed by atoms with Gasteiger partial charge in [-0.1, -0.05) is 30.3 Å². The summed E-state index contributed by atoms with van der Waals surface area (Å²) in [4.78, 5) is 30.3. The van der Waals surface area contributed by atoms with Crippen LogP contribution in [0.1, 0.15) is 12.0 Å². The molecule has 1 fully saturated rings. The summed E-state index contributed by atoms with van der Waals surface area (Å²) in [5.41, 5.74) is 1.02. The molecule has 2 heterocycles. The molecule has 1 atom stereocenters. The lowest BCUT2D eigenvalue weighted by Gasteiger charge is -2.27. The topological polar surface area (TPSA) is 83.0 Å². The van der Waals surface area contributed by atoms with E-state index in [-0.39, 0.29) is 18.2 Å². The Kier molecular flexibility index (Phi) is 4.87. The second kappa shape index (κ2) is 7.23. The van der Waals surface area contributed by atoms with Crippen molar-refractivity contribution in [2.45, 2.75) is 19.0 Å². The molecule has 0 unspecified atom stereocenters. The van der Waals surface area contributed by atoms with Crippen molar-refractivity contribution in [3.8, 4) is 0 Å². The molecule has 0 bridgehead atoms. The maximum Gasteiger partial charge on any atom is 0.252 e. The first-order valence-electron chi connectivity index (χ1n) is 7.74. The average Bonchev–Trinajstić information content (AvgIpc) is 2.95. The molecule has 0 radical (unpaired) electrons. The minimum Gasteiger partial charge on any atom is -0.378 e. The van der Waals surface area contributed by atoms with Crippen LogP contribution in [0.3, 0.4) is 0 Å². The second-order valence-electron chi connectivity index (χ2n) is 5.52. The molecule has 7 heteroatoms. The summed E-state index contributed by atoms with van der Waals surface area (Å²) < 4.78 is 5.28. The molecule has 0 aliphatic carbocycles. The van der Waals surface area contributed by atoms with Gasteiger partial charge in [0.05, 0.1) is 19.6 Å². The van der Waals surface area contributed by atoms with Crippen molar-refractivity contribution in [1.29, 1.82) is 0 Å². The Morgan fingerprint density at radius 3 is 2.78 bits per heavy atom. The van der Waals surface area contributed by atoms with Crippen LogP contribution in [0, 0.1) is 0 Å². The molecule has 1 saturated heterocycles. The highest BCUT2D eigenvalue weighted by Gasteiger charge is 2.31. The van der Waals surface area contributed by atoms with E-state index in [0.717, 1.165) is 5.56 Å². The van der Waals surface area contributed by atoms with Crippen LogP contribution < -0.4 is 10.6 Å². The number of hydrogen-bond acceptors (Lipinski definition) is 5. The highest BCUT2D eigenvalue weighted by atomic mass is 16.5. The van der Waals surface area contributed by atoms with Crippen LogP contribution in [0.15, 0.2) is 35.3 Å². The Bertz CT molecular complexity index is 597. The molecular weight excluding hydrogens is 296 g/mol. The third-order valence-corrected chi connectivity index (χ3v) is 3.84. The Morgan fingerprint density at radius 1 is 1.30 bits per heavy atom. The zero-order valence-electron chi connectivity index (χ0n) is 12.8. The number of carbonyl (C=O) groups excluding carboxylic acids is 2. The summed E-state index contributed by atoms with van der Waals surface area (Å²) in [5, 5.41) is 5.57. The van der Waals surface area contributed by atoms with Gasteiger partial charge < -0.3 is 15.0 Å². The van der Waals surface area contributed by atoms with E-state index in [2.05, 4.69) is 15.6 Å². The Morgan fingerprint density at radius 2 is 2.04 bits per heavy atom. The normalized spacial score (nSPS) is 20.9. The number of nitrogens with one attached hydrogen (secondary N) is 2. The van der Waals surface area contributed by atoms with Gasteiger partial charge in [-0.25, -0.2) is 4.99 Å². The van der Waals surface area contributed by atoms with Gasteiger partial charge in [0.15, 0.2) is 0 Å². The van der Waals surface area contributed by atoms with Crippen LogP contribution in [0.25, 0.3) is 0 Å². The Labute approximate surface area is 134 Å². The number of carbonyl (C=O) groups is 2. The molecule has 1 aromatic rings. The number of morpholine rings is 1. The molecule has 3 rings (SSSR count). The zero-order valence-corrected chi connectivity index (χ0v) is 12.8. The van der Waals surface area contributed by atoms with Crippen LogP contribution in [0.4, 0.5) is 0 Å². The third-order valence-electron chi connectivity index (χ3n) is 3.84. The molecule has 2 N–H and O–H groups in total. The molecule has 7 nitrogen and oxygen atoms in total. The zero-order chi connectivity index (χ0) is 16.1. The molecule has 2 amide bonds. The van der Waals surface area contributed by atoms with Gasteiger partial charge in [0.1, 0.15) is 6.04 Å². The molecule has 122 valence electrons. The van der Waals surface area contributed by atoms with E-state index in [4.69, 9.17) is 4.74 Å². The average molecular weight is 316 g/mol. The van der Waals surface area contributed by atoms with Crippen molar-refractivity contribution in [3.63, 3.8) is 0 Å². The maximum atomic E-state index is 12.0. The van der Waals surface area contributed by atoms with Crippen molar-refractivity contribution in [2.75, 3.05) is 26.3 Å². The van der Waals surface area contributed by atoms with E-state index in [9.17, 15) is 9.59 Å². The fourth-order valence-corrected chi connectivity index (χ4v) is 2.55. The highest BCUT2D eigenvalue weighted by molar-refractivity contribution is 6.06. The van der Waals surface area contributed by atoms with Gasteiger partial charge in [-0.2, -0.15) is 0 Å². The SMILES string of the molecule is O=C(C[C@H]1N=C(N2CCOCC2)NC1=O)NCc1ccccc1. The monoisotopic (exact) mass is 316 g/mol. The largest absolute Gasteiger partial charge is 0.378 e. The van der Waals surface area contributed by atoms with E-state index in [1.807, 2.05) is 35.2 Å². The number of guanidine groups is 1. The summed E-state index contributed by atoms with van der Waals surface area (Å²) >= 11 is 0. The number of ether oxygens (including phenoxy) is 1. The summed E-state index contributed by atoms with van der Waals surface area (Å²) in [5.74, 6) is 0.154. The van der Waals surface area contributed by atoms with Crippen LogP contribution in [-0.2, 0) is 20.9 Å². The van der Waals surface area contributed by atoms with Gasteiger partial charge >= 0.3 is 0 Å². The van der Waals surface area contributed by atoms with Crippen LogP contribution in [-0.4, -0.2) is 55.0 Å². The standard InChI is InChI=1S/C16H20N4O3/c21-14(17-11-12-4-2-1-3-5-12)10-13-15(22)19-16(18-13)20-6-8-23-9-7-20/h1-5,13H,6-11H2,(H,17,21)(H,18,19,22)/t13-/m1/s1. The molecule has 23 heavy (non-hydrogen) atoms. The van der Waals surface area contributed by atoms with Gasteiger partial charge in [0.2, 0.25) is 11.9 Å². The number of nitrogens with zero attached hydrogens (tertiary/aromatic N) is 2. The maximum absolute atomic E-state index is 12.0. The number of benzene rings is 1. The van der Waals surface area contributed by atoms with E-state index >= 15 is 0 Å². The second-order valence-corrected chi connectivity index (χ2v) is 5.52. The summed E-state index contributed by atoms with van der Waals surface area (Å²) in [7, 11) is 0. The summed E-state index contributed by atoms with van der Waals surface area (Å²) in [6.07, 6.45) is 0.0620. The molecular formula is C16H20N4O3. The van der Waals surface area contributed by atoms with Crippen molar-refractivity contribution in [3.05, 3.63) is 35.9 Å². The van der Waals surface area contributed by atoms with Crippen LogP contribution >= 0.6 is 0 Å². The third kappa shape index (κ3) is 4.07. The molecule has 0 saturated carbocycles. The minimum absolute atomic E-state index is 0.0620. The molecule has 1 aromatic carbocycles. The van der Waals surface area contributed by atoms with E-state index < -0.39 is 6.04 Å². The van der Waals surface area contributed by atoms with E-state index in [0.29, 0.717) is 38.8 Å². The molecule has 2 aliphatic heterocycles. The number of rotatable bonds is 4. The van der Waals surface area contributed by atoms with Gasteiger partial charge in [0.25, 0.3) is 5.91 Å². The van der Waals surface area contributed by atoms with Gasteiger partial charge in [-0.15, -0.1) is 0 Å². The minimum atomic E-state index is -0.649. The van der Waals surface area contributed by atoms with Crippen LogP contribution in [0.5, 0.6) is 0 Å². The first-order valence-corrected chi connectivity index (χ1v) is 7.74. The van der Waals surface area contributed by atoms with Gasteiger partial charge in [-0.3, -0.25) is 14.9 Å². The number of hydrogen-bond donors (Lipinski definition) is 2. The van der Waals surface area contributed by atoms with Crippen LogP contribution in [0.2, 0.25) is 0 Å². The molecule has 2 aliphatic rings. The Balaban J connectivity index is 1.51. The number of aliphatic imine (C=N–C) groups is 1. The van der Waals surface area contributed by atoms with Gasteiger partial charge in [-0.05, 0) is 5.56 Å². The highest BCUT2D eigenvalue weighted by Crippen LogP contribution is 2.09. The lowest BCUT2D eigenvalue weighted by molar-refractivity contribution is -0.126. The van der Waals surface area contributed by atoms with E-state index in [1.54, 1.807) is 0 Å². The lowest BCUT2D eigenvalue weighted by Crippen LogP contribution is -2.46. The van der Waals surface area contributed by atoms with Crippen molar-refractivity contribution in [2.24, 2.45) is 4.99 Å². The first-order chi connectivity index (χ1) is 11.2. The predicted octanol–water partition coefficient (Wildman–Crippen LogP) is -0.120. The number of amides is 2. The summed E-state index contributed by atoms with van der Waals surface area (Å²) in [6.45, 7) is 3.10. The fourth-order valence-electron chi connectivity index (χ4n) is 2.55.